The van der Waals surface area contributed by atoms with Crippen LogP contribution in [0.15, 0.2) is 24.3 Å². The molecule has 0 fully saturated rings. The fraction of sp³-hybridized carbons (Fsp3) is 0.417. The Hall–Kier alpha value is -1.91. The molecule has 0 atom stereocenters. The standard InChI is InChI=1S/C12H15NO4/c1-12(2,3)8-17-11(14)9-4-6-10(7-5-9)13(15)16/h4-7H,8H2,1-3H3. The minimum atomic E-state index is -0.510. The van der Waals surface area contributed by atoms with Crippen LogP contribution >= 0.6 is 0 Å². The number of non-ortho nitro benzene ring substituents is 1. The Bertz CT molecular complexity index is 417. The second-order valence-electron chi connectivity index (χ2n) is 4.94. The van der Waals surface area contributed by atoms with Gasteiger partial charge in [0.05, 0.1) is 17.1 Å². The van der Waals surface area contributed by atoms with E-state index in [0.717, 1.165) is 0 Å². The van der Waals surface area contributed by atoms with E-state index in [2.05, 4.69) is 0 Å². The molecule has 0 aliphatic rings. The second-order valence-corrected chi connectivity index (χ2v) is 4.94. The Balaban J connectivity index is 2.67. The highest BCUT2D eigenvalue weighted by molar-refractivity contribution is 5.89. The van der Waals surface area contributed by atoms with Gasteiger partial charge in [0.15, 0.2) is 0 Å². The molecular formula is C12H15NO4. The number of carbonyl (C=O) groups excluding carboxylic acids is 1. The fourth-order valence-electron chi connectivity index (χ4n) is 1.08. The van der Waals surface area contributed by atoms with E-state index in [1.165, 1.54) is 24.3 Å². The summed E-state index contributed by atoms with van der Waals surface area (Å²) in [7, 11) is 0. The molecule has 92 valence electrons. The number of benzene rings is 1. The zero-order valence-corrected chi connectivity index (χ0v) is 10.1. The SMILES string of the molecule is CC(C)(C)COC(=O)c1ccc([N+](=O)[O-])cc1. The van der Waals surface area contributed by atoms with Crippen LogP contribution in [0.25, 0.3) is 0 Å². The van der Waals surface area contributed by atoms with Gasteiger partial charge >= 0.3 is 5.97 Å². The summed E-state index contributed by atoms with van der Waals surface area (Å²) >= 11 is 0. The van der Waals surface area contributed by atoms with Crippen molar-refractivity contribution in [3.63, 3.8) is 0 Å². The van der Waals surface area contributed by atoms with E-state index in [-0.39, 0.29) is 11.1 Å². The molecule has 17 heavy (non-hydrogen) atoms. The lowest BCUT2D eigenvalue weighted by Crippen LogP contribution is -2.18. The molecule has 0 amide bonds. The Morgan fingerprint density at radius 2 is 1.82 bits per heavy atom. The van der Waals surface area contributed by atoms with Crippen molar-refractivity contribution in [2.24, 2.45) is 5.41 Å². The van der Waals surface area contributed by atoms with Crippen molar-refractivity contribution >= 4 is 11.7 Å². The molecule has 0 saturated heterocycles. The lowest BCUT2D eigenvalue weighted by atomic mass is 9.99. The minimum Gasteiger partial charge on any atom is -0.462 e. The van der Waals surface area contributed by atoms with Crippen molar-refractivity contribution in [1.29, 1.82) is 0 Å². The summed E-state index contributed by atoms with van der Waals surface area (Å²) in [6.45, 7) is 6.17. The number of rotatable bonds is 3. The van der Waals surface area contributed by atoms with Crippen molar-refractivity contribution in [3.8, 4) is 0 Å². The number of nitro benzene ring substituents is 1. The van der Waals surface area contributed by atoms with Gasteiger partial charge in [-0.25, -0.2) is 4.79 Å². The highest BCUT2D eigenvalue weighted by Crippen LogP contribution is 2.16. The number of nitro groups is 1. The smallest absolute Gasteiger partial charge is 0.338 e. The number of ether oxygens (including phenoxy) is 1. The molecule has 0 aliphatic carbocycles. The van der Waals surface area contributed by atoms with Crippen LogP contribution in [0.4, 0.5) is 5.69 Å². The van der Waals surface area contributed by atoms with Crippen molar-refractivity contribution in [1.82, 2.24) is 0 Å². The average molecular weight is 237 g/mol. The van der Waals surface area contributed by atoms with Crippen LogP contribution in [0.3, 0.4) is 0 Å². The molecule has 0 N–H and O–H groups in total. The summed E-state index contributed by atoms with van der Waals surface area (Å²) in [4.78, 5) is 21.5. The summed E-state index contributed by atoms with van der Waals surface area (Å²) in [5, 5.41) is 10.4. The predicted octanol–water partition coefficient (Wildman–Crippen LogP) is 2.80. The molecule has 5 nitrogen and oxygen atoms in total. The van der Waals surface area contributed by atoms with Gasteiger partial charge in [-0.3, -0.25) is 10.1 Å². The maximum absolute atomic E-state index is 11.6. The highest BCUT2D eigenvalue weighted by atomic mass is 16.6. The quantitative estimate of drug-likeness (QED) is 0.460. The fourth-order valence-corrected chi connectivity index (χ4v) is 1.08. The number of carbonyl (C=O) groups is 1. The van der Waals surface area contributed by atoms with Gasteiger partial charge in [-0.2, -0.15) is 0 Å². The number of hydrogen-bond acceptors (Lipinski definition) is 4. The van der Waals surface area contributed by atoms with Crippen LogP contribution in [-0.2, 0) is 4.74 Å². The van der Waals surface area contributed by atoms with E-state index in [1.807, 2.05) is 20.8 Å². The van der Waals surface area contributed by atoms with Gasteiger partial charge in [0.25, 0.3) is 5.69 Å². The predicted molar refractivity (Wildman–Crippen MR) is 62.8 cm³/mol. The molecule has 1 aromatic carbocycles. The van der Waals surface area contributed by atoms with Crippen molar-refractivity contribution in [2.75, 3.05) is 6.61 Å². The van der Waals surface area contributed by atoms with Crippen LogP contribution in [0.2, 0.25) is 0 Å². The highest BCUT2D eigenvalue weighted by Gasteiger charge is 2.15. The van der Waals surface area contributed by atoms with Crippen LogP contribution < -0.4 is 0 Å². The summed E-state index contributed by atoms with van der Waals surface area (Å²) in [5.74, 6) is -0.463. The van der Waals surface area contributed by atoms with Crippen molar-refractivity contribution < 1.29 is 14.5 Å². The first kappa shape index (κ1) is 13.2. The normalized spacial score (nSPS) is 11.0. The summed E-state index contributed by atoms with van der Waals surface area (Å²) < 4.78 is 5.08. The van der Waals surface area contributed by atoms with E-state index in [4.69, 9.17) is 4.74 Å². The van der Waals surface area contributed by atoms with E-state index >= 15 is 0 Å². The third kappa shape index (κ3) is 4.22. The van der Waals surface area contributed by atoms with Gasteiger partial charge in [0, 0.05) is 12.1 Å². The Morgan fingerprint density at radius 1 is 1.29 bits per heavy atom. The average Bonchev–Trinajstić information content (AvgIpc) is 2.25. The first-order valence-electron chi connectivity index (χ1n) is 5.21. The van der Waals surface area contributed by atoms with E-state index in [1.54, 1.807) is 0 Å². The Labute approximate surface area is 99.5 Å². The molecular weight excluding hydrogens is 222 g/mol. The van der Waals surface area contributed by atoms with Gasteiger partial charge in [-0.05, 0) is 17.5 Å². The molecule has 0 aliphatic heterocycles. The van der Waals surface area contributed by atoms with Gasteiger partial charge in [-0.1, -0.05) is 20.8 Å². The molecule has 0 radical (unpaired) electrons. The monoisotopic (exact) mass is 237 g/mol. The number of hydrogen-bond donors (Lipinski definition) is 0. The minimum absolute atomic E-state index is 0.0441. The van der Waals surface area contributed by atoms with E-state index < -0.39 is 10.9 Å². The second kappa shape index (κ2) is 4.95. The maximum Gasteiger partial charge on any atom is 0.338 e. The zero-order valence-electron chi connectivity index (χ0n) is 10.1. The Morgan fingerprint density at radius 3 is 2.24 bits per heavy atom. The molecule has 5 heteroatoms. The van der Waals surface area contributed by atoms with E-state index in [0.29, 0.717) is 12.2 Å². The topological polar surface area (TPSA) is 69.4 Å². The van der Waals surface area contributed by atoms with Crippen molar-refractivity contribution in [3.05, 3.63) is 39.9 Å². The third-order valence-corrected chi connectivity index (χ3v) is 1.95. The number of esters is 1. The van der Waals surface area contributed by atoms with Crippen molar-refractivity contribution in [2.45, 2.75) is 20.8 Å². The Kier molecular flexibility index (Phi) is 3.83. The summed E-state index contributed by atoms with van der Waals surface area (Å²) in [5.41, 5.74) is 0.174. The molecule has 1 rings (SSSR count). The number of nitrogens with zero attached hydrogens (tertiary/aromatic N) is 1. The van der Waals surface area contributed by atoms with Gasteiger partial charge in [0.2, 0.25) is 0 Å². The van der Waals surface area contributed by atoms with Crippen LogP contribution in [-0.4, -0.2) is 17.5 Å². The lowest BCUT2D eigenvalue weighted by Gasteiger charge is -2.17. The first-order chi connectivity index (χ1) is 7.79. The van der Waals surface area contributed by atoms with Gasteiger partial charge in [0.1, 0.15) is 0 Å². The van der Waals surface area contributed by atoms with Gasteiger partial charge in [-0.15, -0.1) is 0 Å². The van der Waals surface area contributed by atoms with Crippen LogP contribution in [0, 0.1) is 15.5 Å². The lowest BCUT2D eigenvalue weighted by molar-refractivity contribution is -0.384. The van der Waals surface area contributed by atoms with E-state index in [9.17, 15) is 14.9 Å². The molecule has 1 aromatic rings. The zero-order chi connectivity index (χ0) is 13.1. The summed E-state index contributed by atoms with van der Waals surface area (Å²) in [6.07, 6.45) is 0. The molecule has 0 heterocycles. The van der Waals surface area contributed by atoms with Crippen LogP contribution in [0.1, 0.15) is 31.1 Å². The molecule has 0 aromatic heterocycles. The molecule has 0 unspecified atom stereocenters. The first-order valence-corrected chi connectivity index (χ1v) is 5.21. The third-order valence-electron chi connectivity index (χ3n) is 1.95. The molecule has 0 spiro atoms. The largest absolute Gasteiger partial charge is 0.462 e. The molecule has 0 saturated carbocycles. The summed E-state index contributed by atoms with van der Waals surface area (Å²) in [6, 6.07) is 5.35. The maximum atomic E-state index is 11.6. The van der Waals surface area contributed by atoms with Crippen LogP contribution in [0.5, 0.6) is 0 Å². The molecule has 0 bridgehead atoms. The van der Waals surface area contributed by atoms with Gasteiger partial charge < -0.3 is 4.74 Å².